The summed E-state index contributed by atoms with van der Waals surface area (Å²) < 4.78 is 5.17. The van der Waals surface area contributed by atoms with Gasteiger partial charge in [0.2, 0.25) is 5.91 Å². The van der Waals surface area contributed by atoms with Crippen molar-refractivity contribution in [1.82, 2.24) is 4.98 Å². The molecular weight excluding hydrogens is 372 g/mol. The zero-order chi connectivity index (χ0) is 20.1. The molecular formula is C22H22N2O3S. The molecule has 3 rings (SSSR count). The van der Waals surface area contributed by atoms with E-state index in [9.17, 15) is 9.59 Å². The highest BCUT2D eigenvalue weighted by molar-refractivity contribution is 7.09. The smallest absolute Gasteiger partial charge is 0.224 e. The minimum absolute atomic E-state index is 0.0238. The van der Waals surface area contributed by atoms with Gasteiger partial charge in [0.15, 0.2) is 5.78 Å². The van der Waals surface area contributed by atoms with Crippen LogP contribution in [0.1, 0.15) is 34.3 Å². The molecule has 1 heterocycles. The van der Waals surface area contributed by atoms with Gasteiger partial charge in [-0.15, -0.1) is 11.3 Å². The summed E-state index contributed by atoms with van der Waals surface area (Å²) in [4.78, 5) is 28.5. The number of methoxy groups -OCH3 is 1. The first-order valence-corrected chi connectivity index (χ1v) is 9.84. The first-order chi connectivity index (χ1) is 13.5. The van der Waals surface area contributed by atoms with Crippen molar-refractivity contribution in [1.29, 1.82) is 0 Å². The Morgan fingerprint density at radius 3 is 2.57 bits per heavy atom. The molecule has 0 fully saturated rings. The molecule has 2 aromatic carbocycles. The predicted octanol–water partition coefficient (Wildman–Crippen LogP) is 4.90. The van der Waals surface area contributed by atoms with Gasteiger partial charge in [-0.1, -0.05) is 12.1 Å². The Morgan fingerprint density at radius 2 is 1.89 bits per heavy atom. The van der Waals surface area contributed by atoms with Crippen LogP contribution in [-0.2, 0) is 11.2 Å². The minimum atomic E-state index is -0.0926. The molecule has 0 radical (unpaired) electrons. The lowest BCUT2D eigenvalue weighted by Crippen LogP contribution is -2.13. The van der Waals surface area contributed by atoms with Crippen molar-refractivity contribution in [2.24, 2.45) is 0 Å². The lowest BCUT2D eigenvalue weighted by Gasteiger charge is -2.09. The van der Waals surface area contributed by atoms with Gasteiger partial charge < -0.3 is 10.1 Å². The number of benzene rings is 2. The predicted molar refractivity (Wildman–Crippen MR) is 112 cm³/mol. The average molecular weight is 394 g/mol. The number of aryl methyl sites for hydroxylation is 2. The number of carbonyl (C=O) groups excluding carboxylic acids is 2. The van der Waals surface area contributed by atoms with Crippen molar-refractivity contribution in [3.63, 3.8) is 0 Å². The van der Waals surface area contributed by atoms with Crippen molar-refractivity contribution in [3.8, 4) is 17.0 Å². The summed E-state index contributed by atoms with van der Waals surface area (Å²) in [5, 5.41) is 5.81. The summed E-state index contributed by atoms with van der Waals surface area (Å²) in [5.41, 5.74) is 4.10. The van der Waals surface area contributed by atoms with Crippen molar-refractivity contribution >= 4 is 28.7 Å². The van der Waals surface area contributed by atoms with Crippen LogP contribution in [0.2, 0.25) is 0 Å². The summed E-state index contributed by atoms with van der Waals surface area (Å²) in [6.07, 6.45) is 0.900. The average Bonchev–Trinajstić information content (AvgIpc) is 3.17. The number of hydrogen-bond acceptors (Lipinski definition) is 5. The van der Waals surface area contributed by atoms with Crippen LogP contribution in [0.15, 0.2) is 47.8 Å². The van der Waals surface area contributed by atoms with E-state index >= 15 is 0 Å². The number of rotatable bonds is 7. The molecule has 3 aromatic rings. The van der Waals surface area contributed by atoms with E-state index in [1.807, 2.05) is 42.6 Å². The fourth-order valence-electron chi connectivity index (χ4n) is 2.73. The Kier molecular flexibility index (Phi) is 6.21. The largest absolute Gasteiger partial charge is 0.497 e. The van der Waals surface area contributed by atoms with Crippen LogP contribution in [-0.4, -0.2) is 23.8 Å². The maximum atomic E-state index is 12.3. The number of nitrogens with zero attached hydrogens (tertiary/aromatic N) is 1. The number of nitrogens with one attached hydrogen (secondary N) is 1. The maximum absolute atomic E-state index is 12.3. The van der Waals surface area contributed by atoms with Crippen LogP contribution in [0.5, 0.6) is 5.75 Å². The standard InChI is InChI=1S/C22H22N2O3S/c1-14-4-5-17(15(2)25)12-19(14)23-21(26)10-11-22-24-20(13-28-22)16-6-8-18(27-3)9-7-16/h4-9,12-13H,10-11H2,1-3H3,(H,23,26). The number of anilines is 1. The van der Waals surface area contributed by atoms with Crippen molar-refractivity contribution in [2.45, 2.75) is 26.7 Å². The molecule has 144 valence electrons. The van der Waals surface area contributed by atoms with Gasteiger partial charge in [-0.3, -0.25) is 9.59 Å². The van der Waals surface area contributed by atoms with Crippen LogP contribution in [0, 0.1) is 6.92 Å². The first-order valence-electron chi connectivity index (χ1n) is 8.96. The molecule has 0 atom stereocenters. The molecule has 28 heavy (non-hydrogen) atoms. The van der Waals surface area contributed by atoms with E-state index < -0.39 is 0 Å². The summed E-state index contributed by atoms with van der Waals surface area (Å²) in [5.74, 6) is 0.689. The molecule has 1 N–H and O–H groups in total. The van der Waals surface area contributed by atoms with Crippen molar-refractivity contribution in [3.05, 3.63) is 64.0 Å². The Hall–Kier alpha value is -2.99. The van der Waals surface area contributed by atoms with Gasteiger partial charge in [0.1, 0.15) is 5.75 Å². The van der Waals surface area contributed by atoms with Gasteiger partial charge in [0, 0.05) is 35.0 Å². The van der Waals surface area contributed by atoms with E-state index in [4.69, 9.17) is 4.74 Å². The SMILES string of the molecule is COc1ccc(-c2csc(CCC(=O)Nc3cc(C(C)=O)ccc3C)n2)cc1. The molecule has 0 spiro atoms. The number of ether oxygens (including phenoxy) is 1. The Balaban J connectivity index is 1.60. The Labute approximate surface area is 168 Å². The summed E-state index contributed by atoms with van der Waals surface area (Å²) in [7, 11) is 1.64. The number of thiazole rings is 1. The molecule has 0 aliphatic rings. The third-order valence-corrected chi connectivity index (χ3v) is 5.33. The van der Waals surface area contributed by atoms with Crippen molar-refractivity contribution < 1.29 is 14.3 Å². The molecule has 0 bridgehead atoms. The second-order valence-electron chi connectivity index (χ2n) is 6.49. The fraction of sp³-hybridized carbons (Fsp3) is 0.227. The first kappa shape index (κ1) is 19.8. The van der Waals surface area contributed by atoms with E-state index in [1.54, 1.807) is 30.6 Å². The molecule has 0 unspecified atom stereocenters. The monoisotopic (exact) mass is 394 g/mol. The number of carbonyl (C=O) groups is 2. The van der Waals surface area contributed by atoms with Crippen LogP contribution in [0.3, 0.4) is 0 Å². The van der Waals surface area contributed by atoms with Gasteiger partial charge in [0.25, 0.3) is 0 Å². The number of hydrogen-bond donors (Lipinski definition) is 1. The number of amides is 1. The van der Waals surface area contributed by atoms with E-state index in [-0.39, 0.29) is 11.7 Å². The second kappa shape index (κ2) is 8.80. The third-order valence-electron chi connectivity index (χ3n) is 4.42. The van der Waals surface area contributed by atoms with Gasteiger partial charge in [-0.25, -0.2) is 4.98 Å². The molecule has 6 heteroatoms. The van der Waals surface area contributed by atoms with E-state index in [0.29, 0.717) is 24.1 Å². The van der Waals surface area contributed by atoms with Gasteiger partial charge in [0.05, 0.1) is 17.8 Å². The highest BCUT2D eigenvalue weighted by Crippen LogP contribution is 2.25. The molecule has 0 saturated carbocycles. The van der Waals surface area contributed by atoms with Crippen LogP contribution in [0.25, 0.3) is 11.3 Å². The number of Topliss-reactive ketones (excluding diaryl/α,β-unsaturated/α-hetero) is 1. The Morgan fingerprint density at radius 1 is 1.14 bits per heavy atom. The summed E-state index contributed by atoms with van der Waals surface area (Å²) >= 11 is 1.55. The van der Waals surface area contributed by atoms with E-state index in [0.717, 1.165) is 27.6 Å². The summed E-state index contributed by atoms with van der Waals surface area (Å²) in [6.45, 7) is 3.42. The van der Waals surface area contributed by atoms with Crippen LogP contribution in [0.4, 0.5) is 5.69 Å². The van der Waals surface area contributed by atoms with Gasteiger partial charge in [-0.2, -0.15) is 0 Å². The normalized spacial score (nSPS) is 10.5. The lowest BCUT2D eigenvalue weighted by molar-refractivity contribution is -0.116. The minimum Gasteiger partial charge on any atom is -0.497 e. The van der Waals surface area contributed by atoms with E-state index in [1.165, 1.54) is 6.92 Å². The topological polar surface area (TPSA) is 68.3 Å². The quantitative estimate of drug-likeness (QED) is 0.579. The van der Waals surface area contributed by atoms with Crippen LogP contribution < -0.4 is 10.1 Å². The summed E-state index contributed by atoms with van der Waals surface area (Å²) in [6, 6.07) is 13.1. The molecule has 5 nitrogen and oxygen atoms in total. The maximum Gasteiger partial charge on any atom is 0.224 e. The zero-order valence-electron chi connectivity index (χ0n) is 16.1. The number of ketones is 1. The second-order valence-corrected chi connectivity index (χ2v) is 7.43. The third kappa shape index (κ3) is 4.84. The molecule has 0 aliphatic carbocycles. The zero-order valence-corrected chi connectivity index (χ0v) is 16.9. The molecule has 1 aromatic heterocycles. The highest BCUT2D eigenvalue weighted by atomic mass is 32.1. The lowest BCUT2D eigenvalue weighted by atomic mass is 10.1. The van der Waals surface area contributed by atoms with E-state index in [2.05, 4.69) is 10.3 Å². The van der Waals surface area contributed by atoms with Crippen LogP contribution >= 0.6 is 11.3 Å². The number of aromatic nitrogens is 1. The Bertz CT molecular complexity index is 993. The van der Waals surface area contributed by atoms with Crippen molar-refractivity contribution in [2.75, 3.05) is 12.4 Å². The van der Waals surface area contributed by atoms with Gasteiger partial charge in [-0.05, 0) is 49.7 Å². The highest BCUT2D eigenvalue weighted by Gasteiger charge is 2.10. The fourth-order valence-corrected chi connectivity index (χ4v) is 3.54. The molecule has 0 aliphatic heterocycles. The van der Waals surface area contributed by atoms with Gasteiger partial charge >= 0.3 is 0 Å². The molecule has 0 saturated heterocycles. The molecule has 1 amide bonds.